The van der Waals surface area contributed by atoms with Crippen molar-refractivity contribution in [2.24, 2.45) is 5.73 Å². The molecule has 1 saturated heterocycles. The van der Waals surface area contributed by atoms with Crippen LogP contribution in [0.4, 0.5) is 0 Å². The molecule has 0 bridgehead atoms. The molecule has 1 fully saturated rings. The van der Waals surface area contributed by atoms with Gasteiger partial charge in [0.2, 0.25) is 5.91 Å². The number of halogens is 1. The third-order valence-electron chi connectivity index (χ3n) is 3.86. The van der Waals surface area contributed by atoms with Crippen LogP contribution in [0.15, 0.2) is 24.3 Å². The number of hydrogen-bond acceptors (Lipinski definition) is 3. The maximum absolute atomic E-state index is 12.0. The van der Waals surface area contributed by atoms with Gasteiger partial charge in [0.05, 0.1) is 0 Å². The summed E-state index contributed by atoms with van der Waals surface area (Å²) < 4.78 is 0. The van der Waals surface area contributed by atoms with Crippen LogP contribution in [0.3, 0.4) is 0 Å². The molecule has 2 rings (SSSR count). The van der Waals surface area contributed by atoms with Gasteiger partial charge >= 0.3 is 0 Å². The van der Waals surface area contributed by atoms with Crippen molar-refractivity contribution in [2.75, 3.05) is 32.7 Å². The summed E-state index contributed by atoms with van der Waals surface area (Å²) in [7, 11) is 0. The molecule has 1 aliphatic heterocycles. The average Bonchev–Trinajstić information content (AvgIpc) is 2.73. The molecule has 0 radical (unpaired) electrons. The van der Waals surface area contributed by atoms with E-state index in [-0.39, 0.29) is 5.91 Å². The lowest BCUT2D eigenvalue weighted by Gasteiger charge is -2.22. The lowest BCUT2D eigenvalue weighted by molar-refractivity contribution is -0.131. The molecule has 21 heavy (non-hydrogen) atoms. The zero-order valence-corrected chi connectivity index (χ0v) is 13.2. The highest BCUT2D eigenvalue weighted by atomic mass is 35.5. The lowest BCUT2D eigenvalue weighted by atomic mass is 10.2. The summed E-state index contributed by atoms with van der Waals surface area (Å²) in [4.78, 5) is 16.4. The van der Waals surface area contributed by atoms with Gasteiger partial charge in [-0.1, -0.05) is 23.7 Å². The normalized spacial score (nSPS) is 16.8. The van der Waals surface area contributed by atoms with Gasteiger partial charge in [0.1, 0.15) is 0 Å². The van der Waals surface area contributed by atoms with E-state index in [2.05, 4.69) is 17.0 Å². The molecule has 0 aromatic heterocycles. The number of amides is 1. The van der Waals surface area contributed by atoms with Crippen LogP contribution in [0.5, 0.6) is 0 Å². The van der Waals surface area contributed by atoms with Crippen molar-refractivity contribution in [3.8, 4) is 0 Å². The van der Waals surface area contributed by atoms with Gasteiger partial charge in [-0.2, -0.15) is 0 Å². The number of benzene rings is 1. The van der Waals surface area contributed by atoms with Crippen LogP contribution in [-0.4, -0.2) is 48.4 Å². The minimum Gasteiger partial charge on any atom is -0.341 e. The van der Waals surface area contributed by atoms with E-state index >= 15 is 0 Å². The third kappa shape index (κ3) is 5.30. The predicted molar refractivity (Wildman–Crippen MR) is 86.2 cm³/mol. The Kier molecular flexibility index (Phi) is 6.49. The molecule has 1 aromatic carbocycles. The van der Waals surface area contributed by atoms with Crippen LogP contribution < -0.4 is 5.73 Å². The molecule has 1 aliphatic rings. The molecule has 0 spiro atoms. The first kappa shape index (κ1) is 16.3. The van der Waals surface area contributed by atoms with Crippen LogP contribution in [0.2, 0.25) is 5.02 Å². The van der Waals surface area contributed by atoms with Gasteiger partial charge in [-0.25, -0.2) is 0 Å². The molecule has 1 amide bonds. The van der Waals surface area contributed by atoms with Crippen molar-refractivity contribution in [3.05, 3.63) is 34.9 Å². The summed E-state index contributed by atoms with van der Waals surface area (Å²) in [5, 5.41) is 0.770. The summed E-state index contributed by atoms with van der Waals surface area (Å²) in [6.45, 7) is 5.14. The quantitative estimate of drug-likeness (QED) is 0.906. The van der Waals surface area contributed by atoms with E-state index in [0.717, 1.165) is 50.6 Å². The Balaban J connectivity index is 1.83. The van der Waals surface area contributed by atoms with Gasteiger partial charge in [-0.05, 0) is 37.1 Å². The summed E-state index contributed by atoms with van der Waals surface area (Å²) in [5.74, 6) is 0.244. The lowest BCUT2D eigenvalue weighted by Crippen LogP contribution is -2.35. The van der Waals surface area contributed by atoms with Gasteiger partial charge in [0, 0.05) is 44.2 Å². The van der Waals surface area contributed by atoms with Gasteiger partial charge in [-0.15, -0.1) is 0 Å². The number of rotatable bonds is 5. The third-order valence-corrected chi connectivity index (χ3v) is 4.11. The van der Waals surface area contributed by atoms with Crippen molar-refractivity contribution in [3.63, 3.8) is 0 Å². The molecular formula is C16H24ClN3O. The van der Waals surface area contributed by atoms with Crippen molar-refractivity contribution in [1.82, 2.24) is 9.80 Å². The fraction of sp³-hybridized carbons (Fsp3) is 0.562. The van der Waals surface area contributed by atoms with Crippen molar-refractivity contribution >= 4 is 17.5 Å². The summed E-state index contributed by atoms with van der Waals surface area (Å²) >= 11 is 5.91. The molecule has 0 atom stereocenters. The fourth-order valence-electron chi connectivity index (χ4n) is 2.64. The van der Waals surface area contributed by atoms with E-state index in [1.807, 2.05) is 17.0 Å². The Morgan fingerprint density at radius 2 is 1.90 bits per heavy atom. The molecule has 0 aliphatic carbocycles. The number of nitrogens with zero attached hydrogens (tertiary/aromatic N) is 2. The molecule has 116 valence electrons. The van der Waals surface area contributed by atoms with E-state index in [4.69, 9.17) is 17.3 Å². The Bertz CT molecular complexity index is 449. The van der Waals surface area contributed by atoms with E-state index in [1.54, 1.807) is 0 Å². The van der Waals surface area contributed by atoms with Crippen LogP contribution in [-0.2, 0) is 11.3 Å². The number of hydrogen-bond donors (Lipinski definition) is 1. The molecule has 1 heterocycles. The van der Waals surface area contributed by atoms with Crippen molar-refractivity contribution < 1.29 is 4.79 Å². The first-order chi connectivity index (χ1) is 10.2. The van der Waals surface area contributed by atoms with Crippen LogP contribution in [0, 0.1) is 0 Å². The second-order valence-electron chi connectivity index (χ2n) is 5.53. The highest BCUT2D eigenvalue weighted by molar-refractivity contribution is 6.30. The monoisotopic (exact) mass is 309 g/mol. The fourth-order valence-corrected chi connectivity index (χ4v) is 2.76. The molecular weight excluding hydrogens is 286 g/mol. The van der Waals surface area contributed by atoms with Gasteiger partial charge < -0.3 is 10.6 Å². The zero-order valence-electron chi connectivity index (χ0n) is 12.4. The Morgan fingerprint density at radius 1 is 1.14 bits per heavy atom. The van der Waals surface area contributed by atoms with Crippen molar-refractivity contribution in [1.29, 1.82) is 0 Å². The second-order valence-corrected chi connectivity index (χ2v) is 5.97. The molecule has 4 nitrogen and oxygen atoms in total. The van der Waals surface area contributed by atoms with E-state index < -0.39 is 0 Å². The SMILES string of the molecule is NCCCC(=O)N1CCCN(Cc2ccc(Cl)cc2)CC1. The summed E-state index contributed by atoms with van der Waals surface area (Å²) in [6, 6.07) is 7.99. The molecule has 5 heteroatoms. The zero-order chi connectivity index (χ0) is 15.1. The Hall–Kier alpha value is -1.10. The molecule has 1 aromatic rings. The van der Waals surface area contributed by atoms with Crippen molar-refractivity contribution in [2.45, 2.75) is 25.8 Å². The van der Waals surface area contributed by atoms with E-state index in [9.17, 15) is 4.79 Å². The topological polar surface area (TPSA) is 49.6 Å². The second kappa shape index (κ2) is 8.37. The highest BCUT2D eigenvalue weighted by Crippen LogP contribution is 2.13. The first-order valence-electron chi connectivity index (χ1n) is 7.63. The average molecular weight is 310 g/mol. The molecule has 2 N–H and O–H groups in total. The maximum atomic E-state index is 12.0. The number of carbonyl (C=O) groups excluding carboxylic acids is 1. The predicted octanol–water partition coefficient (Wildman–Crippen LogP) is 2.11. The molecule has 0 unspecified atom stereocenters. The highest BCUT2D eigenvalue weighted by Gasteiger charge is 2.18. The van der Waals surface area contributed by atoms with Gasteiger partial charge in [0.15, 0.2) is 0 Å². The number of nitrogens with two attached hydrogens (primary N) is 1. The maximum Gasteiger partial charge on any atom is 0.222 e. The first-order valence-corrected chi connectivity index (χ1v) is 8.01. The number of carbonyl (C=O) groups is 1. The van der Waals surface area contributed by atoms with Crippen LogP contribution in [0.1, 0.15) is 24.8 Å². The summed E-state index contributed by atoms with van der Waals surface area (Å²) in [6.07, 6.45) is 2.39. The largest absolute Gasteiger partial charge is 0.341 e. The minimum atomic E-state index is 0.244. The van der Waals surface area contributed by atoms with Crippen LogP contribution in [0.25, 0.3) is 0 Å². The van der Waals surface area contributed by atoms with Gasteiger partial charge in [0.25, 0.3) is 0 Å². The van der Waals surface area contributed by atoms with E-state index in [0.29, 0.717) is 13.0 Å². The van der Waals surface area contributed by atoms with E-state index in [1.165, 1.54) is 5.56 Å². The Morgan fingerprint density at radius 3 is 2.62 bits per heavy atom. The Labute approximate surface area is 131 Å². The smallest absolute Gasteiger partial charge is 0.222 e. The summed E-state index contributed by atoms with van der Waals surface area (Å²) in [5.41, 5.74) is 6.73. The standard InChI is InChI=1S/C16H24ClN3O/c17-15-6-4-14(5-7-15)13-19-9-2-10-20(12-11-19)16(21)3-1-8-18/h4-7H,1-3,8-13,18H2. The minimum absolute atomic E-state index is 0.244. The molecule has 0 saturated carbocycles. The van der Waals surface area contributed by atoms with Crippen LogP contribution >= 0.6 is 11.6 Å². The van der Waals surface area contributed by atoms with Gasteiger partial charge in [-0.3, -0.25) is 9.69 Å².